The molecule has 0 amide bonds. The molecule has 4 heteroatoms. The van der Waals surface area contributed by atoms with Crippen LogP contribution in [0.3, 0.4) is 0 Å². The first-order valence-corrected chi connectivity index (χ1v) is 8.59. The van der Waals surface area contributed by atoms with E-state index < -0.39 is 0 Å². The van der Waals surface area contributed by atoms with Gasteiger partial charge in [0.15, 0.2) is 0 Å². The second-order valence-corrected chi connectivity index (χ2v) is 6.11. The number of hydrogen-bond donors (Lipinski definition) is 0. The minimum Gasteiger partial charge on any atom is -0.465 e. The van der Waals surface area contributed by atoms with E-state index in [1.165, 1.54) is 0 Å². The highest BCUT2D eigenvalue weighted by atomic mass is 16.5. The van der Waals surface area contributed by atoms with Gasteiger partial charge in [-0.05, 0) is 24.8 Å². The molecule has 1 fully saturated rings. The summed E-state index contributed by atoms with van der Waals surface area (Å²) in [5.74, 6) is -1.21. The molecule has 4 nitrogen and oxygen atoms in total. The summed E-state index contributed by atoms with van der Waals surface area (Å²) in [5.41, 5.74) is 0.957. The Kier molecular flexibility index (Phi) is 7.11. The number of rotatable bonds is 7. The summed E-state index contributed by atoms with van der Waals surface area (Å²) in [6, 6.07) is 9.60. The van der Waals surface area contributed by atoms with Crippen LogP contribution in [0.15, 0.2) is 30.3 Å². The maximum atomic E-state index is 12.4. The lowest BCUT2D eigenvalue weighted by Crippen LogP contribution is -2.35. The molecule has 23 heavy (non-hydrogen) atoms. The minimum atomic E-state index is -0.360. The predicted octanol–water partition coefficient (Wildman–Crippen LogP) is 3.88. The van der Waals surface area contributed by atoms with Crippen LogP contribution >= 0.6 is 0 Å². The van der Waals surface area contributed by atoms with Crippen molar-refractivity contribution in [3.8, 4) is 0 Å². The summed E-state index contributed by atoms with van der Waals surface area (Å²) < 4.78 is 10.7. The third kappa shape index (κ3) is 5.38. The van der Waals surface area contributed by atoms with E-state index >= 15 is 0 Å². The average Bonchev–Trinajstić information content (AvgIpc) is 2.60. The highest BCUT2D eigenvalue weighted by molar-refractivity contribution is 5.82. The van der Waals surface area contributed by atoms with E-state index in [9.17, 15) is 9.59 Å². The van der Waals surface area contributed by atoms with Gasteiger partial charge in [-0.1, -0.05) is 56.5 Å². The molecular formula is C19H26O4. The highest BCUT2D eigenvalue weighted by Crippen LogP contribution is 2.32. The van der Waals surface area contributed by atoms with Crippen molar-refractivity contribution in [3.63, 3.8) is 0 Å². The normalized spacial score (nSPS) is 20.7. The van der Waals surface area contributed by atoms with Gasteiger partial charge in [0.1, 0.15) is 6.61 Å². The van der Waals surface area contributed by atoms with E-state index in [1.54, 1.807) is 0 Å². The monoisotopic (exact) mass is 318 g/mol. The Bertz CT molecular complexity index is 497. The molecule has 1 aromatic rings. The van der Waals surface area contributed by atoms with Crippen molar-refractivity contribution in [2.75, 3.05) is 6.61 Å². The summed E-state index contributed by atoms with van der Waals surface area (Å²) >= 11 is 0. The number of benzene rings is 1. The van der Waals surface area contributed by atoms with E-state index in [4.69, 9.17) is 9.47 Å². The standard InChI is InChI=1S/C19H26O4/c1-2-3-13-22-18(20)16-11-7-8-12-17(16)19(21)23-14-15-9-5-4-6-10-15/h4-6,9-10,16-17H,2-3,7-8,11-14H2,1H3. The topological polar surface area (TPSA) is 52.6 Å². The zero-order valence-electron chi connectivity index (χ0n) is 13.8. The van der Waals surface area contributed by atoms with Gasteiger partial charge in [-0.2, -0.15) is 0 Å². The van der Waals surface area contributed by atoms with Crippen LogP contribution in [-0.2, 0) is 25.7 Å². The zero-order valence-corrected chi connectivity index (χ0v) is 13.8. The second-order valence-electron chi connectivity index (χ2n) is 6.11. The molecule has 2 rings (SSSR count). The lowest BCUT2D eigenvalue weighted by Gasteiger charge is -2.28. The predicted molar refractivity (Wildman–Crippen MR) is 87.6 cm³/mol. The Balaban J connectivity index is 1.89. The van der Waals surface area contributed by atoms with Crippen molar-refractivity contribution in [2.45, 2.75) is 52.1 Å². The number of carbonyl (C=O) groups is 2. The van der Waals surface area contributed by atoms with Crippen molar-refractivity contribution in [1.82, 2.24) is 0 Å². The number of esters is 2. The molecule has 1 saturated carbocycles. The van der Waals surface area contributed by atoms with Crippen LogP contribution in [0.25, 0.3) is 0 Å². The molecule has 2 unspecified atom stereocenters. The Morgan fingerprint density at radius 1 is 1.00 bits per heavy atom. The Morgan fingerprint density at radius 3 is 2.22 bits per heavy atom. The van der Waals surface area contributed by atoms with Gasteiger partial charge in [0.05, 0.1) is 18.4 Å². The fourth-order valence-corrected chi connectivity index (χ4v) is 2.95. The molecule has 0 N–H and O–H groups in total. The van der Waals surface area contributed by atoms with E-state index in [2.05, 4.69) is 6.92 Å². The van der Waals surface area contributed by atoms with Gasteiger partial charge in [-0.3, -0.25) is 9.59 Å². The van der Waals surface area contributed by atoms with Crippen LogP contribution in [0, 0.1) is 11.8 Å². The number of ether oxygens (including phenoxy) is 2. The van der Waals surface area contributed by atoms with E-state index in [-0.39, 0.29) is 30.4 Å². The SMILES string of the molecule is CCCCOC(=O)C1CCCCC1C(=O)OCc1ccccc1. The van der Waals surface area contributed by atoms with Crippen LogP contribution in [0.4, 0.5) is 0 Å². The summed E-state index contributed by atoms with van der Waals surface area (Å²) in [6.07, 6.45) is 5.21. The van der Waals surface area contributed by atoms with Crippen molar-refractivity contribution < 1.29 is 19.1 Å². The molecule has 1 aliphatic rings. The molecule has 2 atom stereocenters. The number of unbranched alkanes of at least 4 members (excludes halogenated alkanes) is 1. The maximum Gasteiger partial charge on any atom is 0.310 e. The molecule has 1 aliphatic carbocycles. The highest BCUT2D eigenvalue weighted by Gasteiger charge is 2.37. The van der Waals surface area contributed by atoms with Crippen molar-refractivity contribution in [3.05, 3.63) is 35.9 Å². The largest absolute Gasteiger partial charge is 0.465 e. The van der Waals surface area contributed by atoms with Crippen molar-refractivity contribution >= 4 is 11.9 Å². The summed E-state index contributed by atoms with van der Waals surface area (Å²) in [7, 11) is 0. The van der Waals surface area contributed by atoms with Gasteiger partial charge in [-0.15, -0.1) is 0 Å². The van der Waals surface area contributed by atoms with Gasteiger partial charge in [0.2, 0.25) is 0 Å². The van der Waals surface area contributed by atoms with Gasteiger partial charge in [0, 0.05) is 0 Å². The average molecular weight is 318 g/mol. The molecule has 0 radical (unpaired) electrons. The zero-order chi connectivity index (χ0) is 16.5. The number of carbonyl (C=O) groups excluding carboxylic acids is 2. The van der Waals surface area contributed by atoms with Crippen LogP contribution < -0.4 is 0 Å². The van der Waals surface area contributed by atoms with Crippen molar-refractivity contribution in [1.29, 1.82) is 0 Å². The first kappa shape index (κ1) is 17.5. The molecule has 0 bridgehead atoms. The van der Waals surface area contributed by atoms with Crippen LogP contribution in [-0.4, -0.2) is 18.5 Å². The van der Waals surface area contributed by atoms with Crippen molar-refractivity contribution in [2.24, 2.45) is 11.8 Å². The molecule has 0 heterocycles. The molecule has 0 saturated heterocycles. The molecule has 0 aliphatic heterocycles. The summed E-state index contributed by atoms with van der Waals surface area (Å²) in [6.45, 7) is 2.75. The molecule has 1 aromatic carbocycles. The quantitative estimate of drug-likeness (QED) is 0.565. The van der Waals surface area contributed by atoms with Crippen LogP contribution in [0.2, 0.25) is 0 Å². The third-order valence-corrected chi connectivity index (χ3v) is 4.34. The Hall–Kier alpha value is -1.84. The first-order valence-electron chi connectivity index (χ1n) is 8.59. The van der Waals surface area contributed by atoms with E-state index in [0.29, 0.717) is 13.0 Å². The fourth-order valence-electron chi connectivity index (χ4n) is 2.95. The second kappa shape index (κ2) is 9.33. The van der Waals surface area contributed by atoms with Gasteiger partial charge >= 0.3 is 11.9 Å². The molecule has 0 spiro atoms. The minimum absolute atomic E-state index is 0.236. The van der Waals surface area contributed by atoms with Gasteiger partial charge in [0.25, 0.3) is 0 Å². The van der Waals surface area contributed by atoms with Crippen LogP contribution in [0.1, 0.15) is 51.0 Å². The van der Waals surface area contributed by atoms with Crippen LogP contribution in [0.5, 0.6) is 0 Å². The molecule has 126 valence electrons. The Labute approximate surface area is 138 Å². The third-order valence-electron chi connectivity index (χ3n) is 4.34. The molecule has 0 aromatic heterocycles. The van der Waals surface area contributed by atoms with E-state index in [1.807, 2.05) is 30.3 Å². The van der Waals surface area contributed by atoms with E-state index in [0.717, 1.165) is 37.7 Å². The lowest BCUT2D eigenvalue weighted by molar-refractivity contribution is -0.163. The molecular weight excluding hydrogens is 292 g/mol. The van der Waals surface area contributed by atoms with Gasteiger partial charge < -0.3 is 9.47 Å². The first-order chi connectivity index (χ1) is 11.2. The summed E-state index contributed by atoms with van der Waals surface area (Å²) in [4.78, 5) is 24.6. The maximum absolute atomic E-state index is 12.4. The van der Waals surface area contributed by atoms with Gasteiger partial charge in [-0.25, -0.2) is 0 Å². The smallest absolute Gasteiger partial charge is 0.310 e. The number of hydrogen-bond acceptors (Lipinski definition) is 4. The summed E-state index contributed by atoms with van der Waals surface area (Å²) in [5, 5.41) is 0. The Morgan fingerprint density at radius 2 is 1.61 bits per heavy atom. The fraction of sp³-hybridized carbons (Fsp3) is 0.579. The lowest BCUT2D eigenvalue weighted by atomic mass is 9.79.